The Balaban J connectivity index is 1.32. The van der Waals surface area contributed by atoms with Crippen LogP contribution in [-0.4, -0.2) is 91.1 Å². The molecule has 3 amide bonds. The number of nitrogens with one attached hydrogen (secondary N) is 1. The number of carbonyl (C=O) groups is 2. The van der Waals surface area contributed by atoms with Gasteiger partial charge in [0.2, 0.25) is 5.91 Å². The Labute approximate surface area is 298 Å². The van der Waals surface area contributed by atoms with Gasteiger partial charge >= 0.3 is 12.2 Å². The van der Waals surface area contributed by atoms with Gasteiger partial charge < -0.3 is 19.7 Å². The molecule has 266 valence electrons. The van der Waals surface area contributed by atoms with Crippen LogP contribution in [0.25, 0.3) is 0 Å². The molecule has 14 heteroatoms. The fourth-order valence-electron chi connectivity index (χ4n) is 6.55. The summed E-state index contributed by atoms with van der Waals surface area (Å²) in [5.74, 6) is 0.0425. The first-order chi connectivity index (χ1) is 24.0. The summed E-state index contributed by atoms with van der Waals surface area (Å²) >= 11 is 12.5. The molecule has 9 nitrogen and oxygen atoms in total. The van der Waals surface area contributed by atoms with E-state index in [2.05, 4.69) is 5.32 Å². The minimum atomic E-state index is -4.60. The smallest absolute Gasteiger partial charge is 0.416 e. The largest absolute Gasteiger partial charge is 0.493 e. The number of nitrogens with zero attached hydrogens (tertiary/aromatic N) is 4. The first-order valence-electron chi connectivity index (χ1n) is 16.6. The average Bonchev–Trinajstić information content (AvgIpc) is 3.77. The van der Waals surface area contributed by atoms with Gasteiger partial charge in [-0.2, -0.15) is 13.2 Å². The number of piperazine rings is 1. The molecule has 0 aromatic heterocycles. The number of ether oxygens (including phenoxy) is 2. The third-order valence-corrected chi connectivity index (χ3v) is 9.61. The molecule has 2 saturated heterocycles. The zero-order valence-electron chi connectivity index (χ0n) is 27.5. The van der Waals surface area contributed by atoms with Crippen LogP contribution in [0.15, 0.2) is 71.7 Å². The molecule has 3 aromatic rings. The number of amides is 3. The number of alkyl halides is 3. The number of amidine groups is 1. The second-order valence-electron chi connectivity index (χ2n) is 12.4. The van der Waals surface area contributed by atoms with Gasteiger partial charge in [-0.05, 0) is 73.4 Å². The van der Waals surface area contributed by atoms with E-state index in [9.17, 15) is 22.8 Å². The molecule has 1 N–H and O–H groups in total. The van der Waals surface area contributed by atoms with Crippen LogP contribution in [0.2, 0.25) is 10.0 Å². The van der Waals surface area contributed by atoms with E-state index in [1.807, 2.05) is 29.2 Å². The second kappa shape index (κ2) is 15.6. The third kappa shape index (κ3) is 8.20. The molecule has 50 heavy (non-hydrogen) atoms. The summed E-state index contributed by atoms with van der Waals surface area (Å²) in [4.78, 5) is 37.7. The second-order valence-corrected chi connectivity index (χ2v) is 13.3. The van der Waals surface area contributed by atoms with Crippen molar-refractivity contribution in [1.29, 1.82) is 0 Å². The van der Waals surface area contributed by atoms with Gasteiger partial charge in [0.1, 0.15) is 17.6 Å². The molecule has 3 aliphatic heterocycles. The first-order valence-corrected chi connectivity index (χ1v) is 17.4. The number of halogens is 5. The standard InChI is InChI=1S/C36H38Cl2F3N5O4/c1-2-49-30-20-25(36(39,40)41)9-14-29(30)34-43-32(23-5-10-26(37)11-6-23)33(24-7-12-27(38)13-8-24)46(34)35(48)45-17-15-44(16-18-45)22-31(47)42-21-28-4-3-19-50-28/h5-14,20,28,32-33H,2-4,15-19,21-22H2,1H3,(H,42,47). The maximum Gasteiger partial charge on any atom is 0.416 e. The number of benzene rings is 3. The predicted octanol–water partition coefficient (Wildman–Crippen LogP) is 6.99. The monoisotopic (exact) mass is 731 g/mol. The SMILES string of the molecule is CCOc1cc(C(F)(F)F)ccc1C1=NC(c2ccc(Cl)cc2)C(c2ccc(Cl)cc2)N1C(=O)N1CCN(CC(=O)NCC2CCCO2)CC1. The molecule has 0 radical (unpaired) electrons. The van der Waals surface area contributed by atoms with Crippen molar-refractivity contribution in [3.8, 4) is 5.75 Å². The van der Waals surface area contributed by atoms with E-state index in [4.69, 9.17) is 37.7 Å². The number of aliphatic imine (C=N–C) groups is 1. The Hall–Kier alpha value is -3.84. The van der Waals surface area contributed by atoms with Gasteiger partial charge in [0.15, 0.2) is 0 Å². The Morgan fingerprint density at radius 3 is 2.22 bits per heavy atom. The van der Waals surface area contributed by atoms with Gasteiger partial charge in [0.05, 0.1) is 36.4 Å². The molecular weight excluding hydrogens is 694 g/mol. The summed E-state index contributed by atoms with van der Waals surface area (Å²) in [6, 6.07) is 15.7. The molecule has 3 atom stereocenters. The Morgan fingerprint density at radius 2 is 1.62 bits per heavy atom. The molecule has 6 rings (SSSR count). The van der Waals surface area contributed by atoms with Crippen molar-refractivity contribution in [1.82, 2.24) is 20.0 Å². The van der Waals surface area contributed by atoms with E-state index in [1.54, 1.807) is 41.0 Å². The van der Waals surface area contributed by atoms with Crippen molar-refractivity contribution < 1.29 is 32.2 Å². The van der Waals surface area contributed by atoms with E-state index in [1.165, 1.54) is 6.07 Å². The third-order valence-electron chi connectivity index (χ3n) is 9.11. The van der Waals surface area contributed by atoms with Crippen LogP contribution < -0.4 is 10.1 Å². The normalized spacial score (nSPS) is 21.3. The van der Waals surface area contributed by atoms with Crippen molar-refractivity contribution in [3.05, 3.63) is 99.0 Å². The molecule has 0 aliphatic carbocycles. The topological polar surface area (TPSA) is 86.7 Å². The average molecular weight is 733 g/mol. The zero-order valence-corrected chi connectivity index (χ0v) is 29.0. The van der Waals surface area contributed by atoms with Crippen LogP contribution in [0.4, 0.5) is 18.0 Å². The maximum atomic E-state index is 14.7. The van der Waals surface area contributed by atoms with Gasteiger partial charge in [-0.1, -0.05) is 47.5 Å². The van der Waals surface area contributed by atoms with Gasteiger partial charge in [-0.3, -0.25) is 19.6 Å². The van der Waals surface area contributed by atoms with Crippen LogP contribution in [0.5, 0.6) is 5.75 Å². The van der Waals surface area contributed by atoms with Crippen molar-refractivity contribution >= 4 is 41.0 Å². The highest BCUT2D eigenvalue weighted by molar-refractivity contribution is 6.30. The number of hydrogen-bond acceptors (Lipinski definition) is 6. The molecule has 3 aromatic carbocycles. The van der Waals surface area contributed by atoms with E-state index in [-0.39, 0.29) is 48.3 Å². The highest BCUT2D eigenvalue weighted by Crippen LogP contribution is 2.46. The van der Waals surface area contributed by atoms with Gasteiger partial charge in [-0.15, -0.1) is 0 Å². The highest BCUT2D eigenvalue weighted by Gasteiger charge is 2.45. The van der Waals surface area contributed by atoms with Gasteiger partial charge in [-0.25, -0.2) is 4.79 Å². The molecule has 0 bridgehead atoms. The Kier molecular flexibility index (Phi) is 11.2. The van der Waals surface area contributed by atoms with Gasteiger partial charge in [0.25, 0.3) is 0 Å². The molecule has 3 heterocycles. The molecule has 3 aliphatic rings. The predicted molar refractivity (Wildman–Crippen MR) is 185 cm³/mol. The number of urea groups is 1. The van der Waals surface area contributed by atoms with E-state index in [0.29, 0.717) is 49.4 Å². The summed E-state index contributed by atoms with van der Waals surface area (Å²) in [7, 11) is 0. The lowest BCUT2D eigenvalue weighted by Crippen LogP contribution is -2.55. The minimum absolute atomic E-state index is 0.0377. The van der Waals surface area contributed by atoms with Crippen LogP contribution in [0.1, 0.15) is 54.1 Å². The summed E-state index contributed by atoms with van der Waals surface area (Å²) in [6.45, 7) is 4.72. The van der Waals surface area contributed by atoms with Gasteiger partial charge in [0, 0.05) is 49.4 Å². The van der Waals surface area contributed by atoms with Crippen molar-refractivity contribution in [2.45, 2.75) is 44.1 Å². The zero-order chi connectivity index (χ0) is 35.4. The van der Waals surface area contributed by atoms with E-state index in [0.717, 1.165) is 36.1 Å². The van der Waals surface area contributed by atoms with Crippen LogP contribution in [0.3, 0.4) is 0 Å². The molecular formula is C36H38Cl2F3N5O4. The summed E-state index contributed by atoms with van der Waals surface area (Å²) in [5, 5.41) is 3.97. The fraction of sp³-hybridized carbons (Fsp3) is 0.417. The summed E-state index contributed by atoms with van der Waals surface area (Å²) < 4.78 is 52.8. The molecule has 2 fully saturated rings. The molecule has 3 unspecified atom stereocenters. The lowest BCUT2D eigenvalue weighted by Gasteiger charge is -2.39. The number of carbonyl (C=O) groups excluding carboxylic acids is 2. The highest BCUT2D eigenvalue weighted by atomic mass is 35.5. The quantitative estimate of drug-likeness (QED) is 0.257. The summed E-state index contributed by atoms with van der Waals surface area (Å²) in [5.41, 5.74) is 0.865. The van der Waals surface area contributed by atoms with Crippen LogP contribution in [0, 0.1) is 0 Å². The Morgan fingerprint density at radius 1 is 0.960 bits per heavy atom. The molecule has 0 saturated carbocycles. The maximum absolute atomic E-state index is 14.7. The van der Waals surface area contributed by atoms with Crippen LogP contribution >= 0.6 is 23.2 Å². The van der Waals surface area contributed by atoms with Crippen LogP contribution in [-0.2, 0) is 15.7 Å². The first kappa shape index (κ1) is 36.0. The van der Waals surface area contributed by atoms with Crippen molar-refractivity contribution in [2.75, 3.05) is 52.5 Å². The lowest BCUT2D eigenvalue weighted by atomic mass is 9.93. The summed E-state index contributed by atoms with van der Waals surface area (Å²) in [6.07, 6.45) is -2.64. The fourth-order valence-corrected chi connectivity index (χ4v) is 6.81. The van der Waals surface area contributed by atoms with Crippen molar-refractivity contribution in [3.63, 3.8) is 0 Å². The number of rotatable bonds is 9. The minimum Gasteiger partial charge on any atom is -0.493 e. The van der Waals surface area contributed by atoms with E-state index < -0.39 is 23.8 Å². The molecule has 0 spiro atoms. The number of hydrogen-bond donors (Lipinski definition) is 1. The van der Waals surface area contributed by atoms with E-state index >= 15 is 0 Å². The van der Waals surface area contributed by atoms with Crippen molar-refractivity contribution in [2.24, 2.45) is 4.99 Å². The lowest BCUT2D eigenvalue weighted by molar-refractivity contribution is -0.137. The Bertz CT molecular complexity index is 1690.